The summed E-state index contributed by atoms with van der Waals surface area (Å²) >= 11 is 12.1. The van der Waals surface area contributed by atoms with Gasteiger partial charge in [0.05, 0.1) is 6.21 Å². The monoisotopic (exact) mass is 295 g/mol. The van der Waals surface area contributed by atoms with E-state index in [1.54, 1.807) is 42.5 Å². The highest BCUT2D eigenvalue weighted by Crippen LogP contribution is 2.25. The molecule has 98 valence electrons. The molecule has 2 aromatic rings. The van der Waals surface area contributed by atoms with Crippen LogP contribution in [0.15, 0.2) is 47.6 Å². The average Bonchev–Trinajstić information content (AvgIpc) is 2.39. The van der Waals surface area contributed by atoms with Crippen molar-refractivity contribution in [2.45, 2.75) is 6.61 Å². The molecule has 2 rings (SSSR count). The third-order valence-corrected chi connectivity index (χ3v) is 3.22. The lowest BCUT2D eigenvalue weighted by Gasteiger charge is -2.09. The molecule has 0 amide bonds. The molecule has 0 atom stereocenters. The Balaban J connectivity index is 2.12. The fraction of sp³-hybridized carbons (Fsp3) is 0.0714. The Kier molecular flexibility index (Phi) is 4.66. The second-order valence-corrected chi connectivity index (χ2v) is 4.62. The summed E-state index contributed by atoms with van der Waals surface area (Å²) in [7, 11) is 0. The molecule has 0 spiro atoms. The molecule has 2 aromatic carbocycles. The van der Waals surface area contributed by atoms with Crippen molar-refractivity contribution in [2.24, 2.45) is 5.16 Å². The standard InChI is InChI=1S/C14H11Cl2NO2/c15-13-5-2-6-14(16)12(13)9-19-11-4-1-3-10(7-11)8-17-18/h1-8,18H,9H2. The Morgan fingerprint density at radius 2 is 1.79 bits per heavy atom. The predicted octanol–water partition coefficient (Wildman–Crippen LogP) is 4.38. The number of ether oxygens (including phenoxy) is 1. The first-order valence-electron chi connectivity index (χ1n) is 5.54. The zero-order valence-corrected chi connectivity index (χ0v) is 11.4. The third-order valence-electron chi connectivity index (χ3n) is 2.51. The van der Waals surface area contributed by atoms with Gasteiger partial charge in [-0.05, 0) is 29.8 Å². The van der Waals surface area contributed by atoms with Crippen molar-refractivity contribution < 1.29 is 9.94 Å². The van der Waals surface area contributed by atoms with E-state index in [0.29, 0.717) is 15.8 Å². The second-order valence-electron chi connectivity index (χ2n) is 3.81. The Bertz CT molecular complexity index is 579. The molecule has 0 saturated carbocycles. The molecule has 5 heteroatoms. The Morgan fingerprint density at radius 3 is 2.47 bits per heavy atom. The van der Waals surface area contributed by atoms with E-state index in [0.717, 1.165) is 11.1 Å². The van der Waals surface area contributed by atoms with Crippen molar-refractivity contribution in [3.63, 3.8) is 0 Å². The zero-order valence-electron chi connectivity index (χ0n) is 9.88. The number of rotatable bonds is 4. The van der Waals surface area contributed by atoms with Crippen molar-refractivity contribution in [2.75, 3.05) is 0 Å². The first-order chi connectivity index (χ1) is 9.20. The van der Waals surface area contributed by atoms with Gasteiger partial charge in [-0.25, -0.2) is 0 Å². The average molecular weight is 296 g/mol. The molecule has 0 heterocycles. The van der Waals surface area contributed by atoms with Gasteiger partial charge in [0.25, 0.3) is 0 Å². The van der Waals surface area contributed by atoms with Crippen LogP contribution in [0.1, 0.15) is 11.1 Å². The van der Waals surface area contributed by atoms with Gasteiger partial charge >= 0.3 is 0 Å². The van der Waals surface area contributed by atoms with Crippen LogP contribution < -0.4 is 4.74 Å². The molecule has 1 N–H and O–H groups in total. The lowest BCUT2D eigenvalue weighted by molar-refractivity contribution is 0.306. The number of halogens is 2. The van der Waals surface area contributed by atoms with Gasteiger partial charge in [-0.15, -0.1) is 0 Å². The lowest BCUT2D eigenvalue weighted by atomic mass is 10.2. The van der Waals surface area contributed by atoms with E-state index in [1.165, 1.54) is 6.21 Å². The highest BCUT2D eigenvalue weighted by molar-refractivity contribution is 6.35. The third kappa shape index (κ3) is 3.63. The highest BCUT2D eigenvalue weighted by Gasteiger charge is 2.06. The molecule has 0 bridgehead atoms. The molecule has 3 nitrogen and oxygen atoms in total. The van der Waals surface area contributed by atoms with Gasteiger partial charge < -0.3 is 9.94 Å². The summed E-state index contributed by atoms with van der Waals surface area (Å²) in [6, 6.07) is 12.5. The molecule has 0 aromatic heterocycles. The summed E-state index contributed by atoms with van der Waals surface area (Å²) in [6.45, 7) is 0.276. The van der Waals surface area contributed by atoms with Gasteiger partial charge in [-0.2, -0.15) is 0 Å². The van der Waals surface area contributed by atoms with Gasteiger partial charge in [0.1, 0.15) is 12.4 Å². The zero-order chi connectivity index (χ0) is 13.7. The highest BCUT2D eigenvalue weighted by atomic mass is 35.5. The maximum absolute atomic E-state index is 8.49. The van der Waals surface area contributed by atoms with Crippen LogP contribution in [0.25, 0.3) is 0 Å². The molecular weight excluding hydrogens is 285 g/mol. The minimum Gasteiger partial charge on any atom is -0.489 e. The number of benzene rings is 2. The number of hydrogen-bond acceptors (Lipinski definition) is 3. The molecule has 0 aliphatic rings. The smallest absolute Gasteiger partial charge is 0.120 e. The molecule has 0 fully saturated rings. The summed E-state index contributed by atoms with van der Waals surface area (Å²) in [5, 5.41) is 12.6. The number of hydrogen-bond donors (Lipinski definition) is 1. The van der Waals surface area contributed by atoms with Gasteiger partial charge in [0.15, 0.2) is 0 Å². The van der Waals surface area contributed by atoms with Crippen LogP contribution >= 0.6 is 23.2 Å². The fourth-order valence-electron chi connectivity index (χ4n) is 1.58. The van der Waals surface area contributed by atoms with Gasteiger partial charge in [0.2, 0.25) is 0 Å². The number of nitrogens with zero attached hydrogens (tertiary/aromatic N) is 1. The van der Waals surface area contributed by atoms with Gasteiger partial charge in [-0.1, -0.05) is 46.6 Å². The van der Waals surface area contributed by atoms with Crippen LogP contribution in [0.2, 0.25) is 10.0 Å². The maximum atomic E-state index is 8.49. The maximum Gasteiger partial charge on any atom is 0.120 e. The Labute approximate surface area is 121 Å². The topological polar surface area (TPSA) is 41.8 Å². The van der Waals surface area contributed by atoms with Crippen LogP contribution in [0, 0.1) is 0 Å². The normalized spacial score (nSPS) is 10.8. The second kappa shape index (κ2) is 6.45. The van der Waals surface area contributed by atoms with Crippen LogP contribution in [-0.4, -0.2) is 11.4 Å². The van der Waals surface area contributed by atoms with E-state index in [9.17, 15) is 0 Å². The number of oxime groups is 1. The van der Waals surface area contributed by atoms with Crippen LogP contribution in [-0.2, 0) is 6.61 Å². The van der Waals surface area contributed by atoms with Crippen molar-refractivity contribution in [3.8, 4) is 5.75 Å². The predicted molar refractivity (Wildman–Crippen MR) is 76.6 cm³/mol. The minimum atomic E-state index is 0.276. The molecule has 0 aliphatic carbocycles. The van der Waals surface area contributed by atoms with Crippen molar-refractivity contribution in [3.05, 3.63) is 63.6 Å². The van der Waals surface area contributed by atoms with E-state index >= 15 is 0 Å². The van der Waals surface area contributed by atoms with E-state index in [4.69, 9.17) is 33.1 Å². The Hall–Kier alpha value is -1.71. The van der Waals surface area contributed by atoms with Crippen molar-refractivity contribution in [1.82, 2.24) is 0 Å². The molecule has 0 aliphatic heterocycles. The SMILES string of the molecule is ON=Cc1cccc(OCc2c(Cl)cccc2Cl)c1. The first-order valence-corrected chi connectivity index (χ1v) is 6.29. The molecule has 0 unspecified atom stereocenters. The Morgan fingerprint density at radius 1 is 1.11 bits per heavy atom. The van der Waals surface area contributed by atoms with Crippen molar-refractivity contribution >= 4 is 29.4 Å². The van der Waals surface area contributed by atoms with Crippen LogP contribution in [0.3, 0.4) is 0 Å². The summed E-state index contributed by atoms with van der Waals surface area (Å²) in [5.41, 5.74) is 1.48. The van der Waals surface area contributed by atoms with Crippen LogP contribution in [0.4, 0.5) is 0 Å². The van der Waals surface area contributed by atoms with Crippen molar-refractivity contribution in [1.29, 1.82) is 0 Å². The summed E-state index contributed by atoms with van der Waals surface area (Å²) in [6.07, 6.45) is 1.33. The van der Waals surface area contributed by atoms with E-state index in [1.807, 2.05) is 0 Å². The van der Waals surface area contributed by atoms with E-state index in [2.05, 4.69) is 5.16 Å². The fourth-order valence-corrected chi connectivity index (χ4v) is 2.08. The van der Waals surface area contributed by atoms with E-state index in [-0.39, 0.29) is 6.61 Å². The molecule has 0 radical (unpaired) electrons. The summed E-state index contributed by atoms with van der Waals surface area (Å²) < 4.78 is 5.63. The quantitative estimate of drug-likeness (QED) is 0.517. The van der Waals surface area contributed by atoms with Gasteiger partial charge in [0, 0.05) is 15.6 Å². The summed E-state index contributed by atoms with van der Waals surface area (Å²) in [5.74, 6) is 0.647. The van der Waals surface area contributed by atoms with E-state index < -0.39 is 0 Å². The van der Waals surface area contributed by atoms with Crippen LogP contribution in [0.5, 0.6) is 5.75 Å². The first kappa shape index (κ1) is 13.7. The molecule has 0 saturated heterocycles. The minimum absolute atomic E-state index is 0.276. The summed E-state index contributed by atoms with van der Waals surface area (Å²) in [4.78, 5) is 0. The molecular formula is C14H11Cl2NO2. The lowest BCUT2D eigenvalue weighted by Crippen LogP contribution is -1.97. The largest absolute Gasteiger partial charge is 0.489 e. The van der Waals surface area contributed by atoms with Gasteiger partial charge in [-0.3, -0.25) is 0 Å². The molecule has 19 heavy (non-hydrogen) atoms.